The van der Waals surface area contributed by atoms with E-state index < -0.39 is 11.6 Å². The maximum absolute atomic E-state index is 13.8. The number of fused-ring (bicyclic) bond motifs is 1. The molecular formula is C28H32F2N6. The highest BCUT2D eigenvalue weighted by atomic mass is 19.2. The minimum atomic E-state index is -0.891. The van der Waals surface area contributed by atoms with Gasteiger partial charge in [0.1, 0.15) is 0 Å². The van der Waals surface area contributed by atoms with E-state index in [-0.39, 0.29) is 0 Å². The van der Waals surface area contributed by atoms with E-state index in [1.807, 2.05) is 24.4 Å². The van der Waals surface area contributed by atoms with Crippen LogP contribution in [0.15, 0.2) is 55.0 Å². The molecule has 4 aromatic rings. The van der Waals surface area contributed by atoms with Gasteiger partial charge in [0.2, 0.25) is 0 Å². The molecule has 8 heteroatoms. The van der Waals surface area contributed by atoms with Gasteiger partial charge in [-0.25, -0.2) is 13.8 Å². The molecule has 1 saturated heterocycles. The van der Waals surface area contributed by atoms with E-state index in [0.717, 1.165) is 73.2 Å². The summed E-state index contributed by atoms with van der Waals surface area (Å²) in [6, 6.07) is 12.5. The molecule has 1 fully saturated rings. The lowest BCUT2D eigenvalue weighted by atomic mass is 10.0. The van der Waals surface area contributed by atoms with E-state index in [4.69, 9.17) is 0 Å². The van der Waals surface area contributed by atoms with Crippen molar-refractivity contribution >= 4 is 16.6 Å². The van der Waals surface area contributed by atoms with Crippen molar-refractivity contribution in [2.24, 2.45) is 0 Å². The van der Waals surface area contributed by atoms with Gasteiger partial charge in [0.25, 0.3) is 0 Å². The van der Waals surface area contributed by atoms with E-state index >= 15 is 0 Å². The molecule has 0 amide bonds. The Morgan fingerprint density at radius 3 is 2.56 bits per heavy atom. The average molecular weight is 491 g/mol. The van der Waals surface area contributed by atoms with Gasteiger partial charge in [0.05, 0.1) is 35.1 Å². The number of H-pyrrole nitrogens is 1. The Morgan fingerprint density at radius 1 is 0.972 bits per heavy atom. The van der Waals surface area contributed by atoms with Crippen molar-refractivity contribution in [2.75, 3.05) is 44.6 Å². The van der Waals surface area contributed by atoms with Crippen LogP contribution in [-0.4, -0.2) is 70.1 Å². The predicted molar refractivity (Wildman–Crippen MR) is 141 cm³/mol. The van der Waals surface area contributed by atoms with Gasteiger partial charge in [-0.3, -0.25) is 14.8 Å². The molecule has 0 aliphatic carbocycles. The second-order valence-electron chi connectivity index (χ2n) is 9.45. The highest BCUT2D eigenvalue weighted by molar-refractivity contribution is 5.88. The maximum Gasteiger partial charge on any atom is 0.159 e. The van der Waals surface area contributed by atoms with Crippen LogP contribution in [0.25, 0.3) is 33.4 Å². The fraction of sp³-hybridized carbons (Fsp3) is 0.357. The largest absolute Gasteiger partial charge is 0.382 e. The van der Waals surface area contributed by atoms with Gasteiger partial charge in [-0.1, -0.05) is 13.0 Å². The smallest absolute Gasteiger partial charge is 0.159 e. The lowest BCUT2D eigenvalue weighted by Gasteiger charge is -2.37. The summed E-state index contributed by atoms with van der Waals surface area (Å²) in [6.07, 6.45) is 4.63. The first-order valence-electron chi connectivity index (χ1n) is 12.6. The van der Waals surface area contributed by atoms with Crippen LogP contribution in [0.4, 0.5) is 14.5 Å². The topological polar surface area (TPSA) is 60.1 Å². The zero-order chi connectivity index (χ0) is 25.1. The lowest BCUT2D eigenvalue weighted by molar-refractivity contribution is 0.103. The summed E-state index contributed by atoms with van der Waals surface area (Å²) >= 11 is 0. The summed E-state index contributed by atoms with van der Waals surface area (Å²) in [7, 11) is 0. The molecule has 2 aromatic heterocycles. The SMILES string of the molecule is CCC(C)N1CCN(CCNc2cnc3ccc(-c4[nH]cnc4-c4ccc(F)c(F)c4)cc3c2)CC1. The fourth-order valence-electron chi connectivity index (χ4n) is 4.80. The molecule has 1 aliphatic heterocycles. The molecule has 2 aromatic carbocycles. The van der Waals surface area contributed by atoms with Gasteiger partial charge >= 0.3 is 0 Å². The van der Waals surface area contributed by atoms with Crippen molar-refractivity contribution in [3.63, 3.8) is 0 Å². The number of anilines is 1. The van der Waals surface area contributed by atoms with Crippen molar-refractivity contribution < 1.29 is 8.78 Å². The molecule has 2 N–H and O–H groups in total. The highest BCUT2D eigenvalue weighted by Gasteiger charge is 2.19. The van der Waals surface area contributed by atoms with Crippen molar-refractivity contribution in [2.45, 2.75) is 26.3 Å². The Kier molecular flexibility index (Phi) is 7.25. The van der Waals surface area contributed by atoms with E-state index in [1.54, 1.807) is 6.33 Å². The molecular weight excluding hydrogens is 458 g/mol. The van der Waals surface area contributed by atoms with Crippen LogP contribution in [0, 0.1) is 11.6 Å². The average Bonchev–Trinajstić information content (AvgIpc) is 3.40. The quantitative estimate of drug-likeness (QED) is 0.346. The van der Waals surface area contributed by atoms with Gasteiger partial charge in [0.15, 0.2) is 11.6 Å². The Balaban J connectivity index is 1.26. The lowest BCUT2D eigenvalue weighted by Crippen LogP contribution is -2.50. The number of pyridine rings is 1. The van der Waals surface area contributed by atoms with E-state index in [0.29, 0.717) is 17.3 Å². The number of aromatic nitrogens is 3. The standard InChI is InChI=1S/C28H32F2N6/c1-3-19(2)36-12-10-35(11-13-36)9-8-31-23-15-22-14-20(5-7-26(22)32-17-23)27-28(34-18-33-27)21-4-6-24(29)25(30)16-21/h4-7,14-19,31H,3,8-13H2,1-2H3,(H,33,34). The Bertz CT molecular complexity index is 1330. The van der Waals surface area contributed by atoms with Gasteiger partial charge in [-0.2, -0.15) is 0 Å². The number of hydrogen-bond donors (Lipinski definition) is 2. The second-order valence-corrected chi connectivity index (χ2v) is 9.45. The number of benzene rings is 2. The molecule has 1 unspecified atom stereocenters. The monoisotopic (exact) mass is 490 g/mol. The third-order valence-electron chi connectivity index (χ3n) is 7.18. The molecule has 188 valence electrons. The molecule has 1 aliphatic rings. The number of nitrogens with zero attached hydrogens (tertiary/aromatic N) is 4. The van der Waals surface area contributed by atoms with Gasteiger partial charge in [0, 0.05) is 61.8 Å². The highest BCUT2D eigenvalue weighted by Crippen LogP contribution is 2.31. The minimum Gasteiger partial charge on any atom is -0.382 e. The molecule has 3 heterocycles. The van der Waals surface area contributed by atoms with E-state index in [2.05, 4.69) is 50.0 Å². The first-order chi connectivity index (χ1) is 17.5. The number of hydrogen-bond acceptors (Lipinski definition) is 5. The first kappa shape index (κ1) is 24.3. The van der Waals surface area contributed by atoms with Crippen LogP contribution in [0.5, 0.6) is 0 Å². The molecule has 1 atom stereocenters. The summed E-state index contributed by atoms with van der Waals surface area (Å²) < 4.78 is 27.2. The predicted octanol–water partition coefficient (Wildman–Crippen LogP) is 5.40. The molecule has 6 nitrogen and oxygen atoms in total. The third kappa shape index (κ3) is 5.24. The number of nitrogens with one attached hydrogen (secondary N) is 2. The van der Waals surface area contributed by atoms with Crippen LogP contribution in [0.2, 0.25) is 0 Å². The van der Waals surface area contributed by atoms with E-state index in [9.17, 15) is 8.78 Å². The normalized spacial score (nSPS) is 15.9. The van der Waals surface area contributed by atoms with Crippen LogP contribution >= 0.6 is 0 Å². The Labute approximate surface area is 210 Å². The Hall–Kier alpha value is -3.36. The molecule has 0 spiro atoms. The van der Waals surface area contributed by atoms with Crippen molar-refractivity contribution in [1.82, 2.24) is 24.8 Å². The minimum absolute atomic E-state index is 0.517. The van der Waals surface area contributed by atoms with Crippen LogP contribution in [0.1, 0.15) is 20.3 Å². The van der Waals surface area contributed by atoms with Crippen molar-refractivity contribution in [3.8, 4) is 22.5 Å². The van der Waals surface area contributed by atoms with Gasteiger partial charge < -0.3 is 10.3 Å². The molecule has 5 rings (SSSR count). The third-order valence-corrected chi connectivity index (χ3v) is 7.18. The Morgan fingerprint density at radius 2 is 1.78 bits per heavy atom. The number of halogens is 2. The molecule has 0 saturated carbocycles. The fourth-order valence-corrected chi connectivity index (χ4v) is 4.80. The maximum atomic E-state index is 13.8. The zero-order valence-electron chi connectivity index (χ0n) is 20.8. The van der Waals surface area contributed by atoms with Crippen molar-refractivity contribution in [1.29, 1.82) is 0 Å². The second kappa shape index (κ2) is 10.7. The summed E-state index contributed by atoms with van der Waals surface area (Å²) in [5, 5.41) is 4.51. The van der Waals surface area contributed by atoms with E-state index in [1.165, 1.54) is 18.6 Å². The van der Waals surface area contributed by atoms with Crippen molar-refractivity contribution in [3.05, 3.63) is 66.6 Å². The van der Waals surface area contributed by atoms with Gasteiger partial charge in [-0.05, 0) is 49.7 Å². The summed E-state index contributed by atoms with van der Waals surface area (Å²) in [5.41, 5.74) is 4.60. The molecule has 0 bridgehead atoms. The van der Waals surface area contributed by atoms with Gasteiger partial charge in [-0.15, -0.1) is 0 Å². The zero-order valence-corrected chi connectivity index (χ0v) is 20.8. The van der Waals surface area contributed by atoms with Crippen LogP contribution < -0.4 is 5.32 Å². The molecule has 0 radical (unpaired) electrons. The van der Waals surface area contributed by atoms with Crippen LogP contribution in [0.3, 0.4) is 0 Å². The summed E-state index contributed by atoms with van der Waals surface area (Å²) in [5.74, 6) is -1.77. The number of rotatable bonds is 8. The first-order valence-corrected chi connectivity index (χ1v) is 12.6. The van der Waals surface area contributed by atoms with Crippen LogP contribution in [-0.2, 0) is 0 Å². The summed E-state index contributed by atoms with van der Waals surface area (Å²) in [4.78, 5) is 17.2. The number of piperazine rings is 1. The summed E-state index contributed by atoms with van der Waals surface area (Å²) in [6.45, 7) is 10.9. The number of imidazole rings is 1. The number of aromatic amines is 1. The molecule has 36 heavy (non-hydrogen) atoms.